The van der Waals surface area contributed by atoms with Crippen molar-refractivity contribution in [2.24, 2.45) is 0 Å². The number of nitrogens with one attached hydrogen (secondary N) is 4. The van der Waals surface area contributed by atoms with Crippen molar-refractivity contribution < 1.29 is 17.9 Å². The van der Waals surface area contributed by atoms with E-state index in [0.717, 1.165) is 12.8 Å². The second kappa shape index (κ2) is 7.82. The summed E-state index contributed by atoms with van der Waals surface area (Å²) in [5.74, 6) is -0.460. The molecule has 0 bridgehead atoms. The van der Waals surface area contributed by atoms with Crippen LogP contribution in [0.2, 0.25) is 0 Å². The Hall–Kier alpha value is -2.95. The zero-order valence-corrected chi connectivity index (χ0v) is 16.2. The molecule has 1 atom stereocenters. The van der Waals surface area contributed by atoms with Gasteiger partial charge in [-0.3, -0.25) is 4.79 Å². The molecule has 9 nitrogen and oxygen atoms in total. The minimum absolute atomic E-state index is 0.00793. The molecule has 1 fully saturated rings. The Morgan fingerprint density at radius 1 is 1.14 bits per heavy atom. The Morgan fingerprint density at radius 3 is 2.76 bits per heavy atom. The maximum atomic E-state index is 12.6. The molecule has 0 spiro atoms. The molecule has 4 rings (SSSR count). The average Bonchev–Trinajstić information content (AvgIpc) is 3.35. The van der Waals surface area contributed by atoms with Gasteiger partial charge in [-0.05, 0) is 49.2 Å². The predicted molar refractivity (Wildman–Crippen MR) is 107 cm³/mol. The van der Waals surface area contributed by atoms with Crippen molar-refractivity contribution in [3.05, 3.63) is 58.5 Å². The molecule has 3 aromatic rings. The number of ether oxygens (including phenoxy) is 1. The van der Waals surface area contributed by atoms with Gasteiger partial charge in [0.05, 0.1) is 22.0 Å². The topological polar surface area (TPSA) is 133 Å². The van der Waals surface area contributed by atoms with Gasteiger partial charge in [-0.25, -0.2) is 17.9 Å². The molecule has 152 valence electrons. The number of rotatable bonds is 6. The summed E-state index contributed by atoms with van der Waals surface area (Å²) in [6.45, 7) is 0.845. The zero-order valence-electron chi connectivity index (χ0n) is 15.4. The number of benzene rings is 2. The van der Waals surface area contributed by atoms with Crippen LogP contribution in [0.5, 0.6) is 0 Å². The molecule has 1 aliphatic heterocycles. The van der Waals surface area contributed by atoms with Crippen molar-refractivity contribution in [1.82, 2.24) is 14.7 Å². The third-order valence-corrected chi connectivity index (χ3v) is 6.13. The van der Waals surface area contributed by atoms with Gasteiger partial charge in [-0.1, -0.05) is 6.07 Å². The van der Waals surface area contributed by atoms with Crippen molar-refractivity contribution in [2.45, 2.75) is 23.8 Å². The van der Waals surface area contributed by atoms with Gasteiger partial charge in [0.1, 0.15) is 0 Å². The summed E-state index contributed by atoms with van der Waals surface area (Å²) < 4.78 is 33.0. The quantitative estimate of drug-likeness (QED) is 0.484. The minimum Gasteiger partial charge on any atom is -0.377 e. The van der Waals surface area contributed by atoms with E-state index in [4.69, 9.17) is 4.74 Å². The summed E-state index contributed by atoms with van der Waals surface area (Å²) in [5, 5.41) is 2.70. The molecule has 1 aliphatic rings. The Kier molecular flexibility index (Phi) is 5.22. The summed E-state index contributed by atoms with van der Waals surface area (Å²) in [5.41, 5.74) is 1.52. The summed E-state index contributed by atoms with van der Waals surface area (Å²) in [6, 6.07) is 10.7. The van der Waals surface area contributed by atoms with E-state index in [1.165, 1.54) is 24.3 Å². The van der Waals surface area contributed by atoms with E-state index in [0.29, 0.717) is 23.3 Å². The van der Waals surface area contributed by atoms with Crippen molar-refractivity contribution in [2.75, 3.05) is 18.5 Å². The smallest absolute Gasteiger partial charge is 0.323 e. The minimum atomic E-state index is -3.76. The number of hydrogen-bond donors (Lipinski definition) is 4. The van der Waals surface area contributed by atoms with E-state index in [1.54, 1.807) is 18.2 Å². The molecule has 2 aromatic carbocycles. The van der Waals surface area contributed by atoms with E-state index in [1.807, 2.05) is 0 Å². The number of aromatic amines is 2. The number of fused-ring (bicyclic) bond motifs is 1. The molecule has 0 radical (unpaired) electrons. The predicted octanol–water partition coefficient (Wildman–Crippen LogP) is 1.57. The molecule has 0 aliphatic carbocycles. The van der Waals surface area contributed by atoms with Gasteiger partial charge in [0.15, 0.2) is 0 Å². The van der Waals surface area contributed by atoms with E-state index in [-0.39, 0.29) is 28.8 Å². The monoisotopic (exact) mass is 416 g/mol. The largest absolute Gasteiger partial charge is 0.377 e. The third-order valence-electron chi connectivity index (χ3n) is 4.71. The first-order chi connectivity index (χ1) is 13.9. The lowest BCUT2D eigenvalue weighted by Crippen LogP contribution is -2.32. The fraction of sp³-hybridized carbons (Fsp3) is 0.263. The summed E-state index contributed by atoms with van der Waals surface area (Å²) in [4.78, 5) is 29.2. The van der Waals surface area contributed by atoms with Gasteiger partial charge in [0.2, 0.25) is 10.0 Å². The van der Waals surface area contributed by atoms with E-state index >= 15 is 0 Å². The Morgan fingerprint density at radius 2 is 1.97 bits per heavy atom. The van der Waals surface area contributed by atoms with E-state index < -0.39 is 15.9 Å². The number of amides is 1. The first-order valence-electron chi connectivity index (χ1n) is 9.15. The van der Waals surface area contributed by atoms with Gasteiger partial charge >= 0.3 is 5.69 Å². The lowest BCUT2D eigenvalue weighted by atomic mass is 10.2. The van der Waals surface area contributed by atoms with Crippen LogP contribution in [0, 0.1) is 0 Å². The summed E-state index contributed by atoms with van der Waals surface area (Å²) in [7, 11) is -3.76. The van der Waals surface area contributed by atoms with Crippen LogP contribution in [0.1, 0.15) is 23.2 Å². The Bertz CT molecular complexity index is 1210. The highest BCUT2D eigenvalue weighted by atomic mass is 32.2. The number of carbonyl (C=O) groups excluding carboxylic acids is 1. The van der Waals surface area contributed by atoms with E-state index in [2.05, 4.69) is 20.0 Å². The number of aromatic nitrogens is 2. The lowest BCUT2D eigenvalue weighted by Gasteiger charge is -2.12. The fourth-order valence-corrected chi connectivity index (χ4v) is 4.32. The van der Waals surface area contributed by atoms with Crippen LogP contribution in [0.15, 0.2) is 52.2 Å². The fourth-order valence-electron chi connectivity index (χ4n) is 3.21. The first kappa shape index (κ1) is 19.4. The second-order valence-electron chi connectivity index (χ2n) is 6.81. The van der Waals surface area contributed by atoms with Crippen molar-refractivity contribution in [3.8, 4) is 0 Å². The molecule has 1 aromatic heterocycles. The van der Waals surface area contributed by atoms with Crippen LogP contribution in [-0.2, 0) is 14.8 Å². The molecule has 10 heteroatoms. The van der Waals surface area contributed by atoms with Crippen LogP contribution < -0.4 is 15.7 Å². The van der Waals surface area contributed by atoms with Crippen LogP contribution >= 0.6 is 0 Å². The first-order valence-corrected chi connectivity index (χ1v) is 10.6. The standard InChI is InChI=1S/C19H20N4O5S/c24-18(21-13-6-7-16-17(10-13)23-19(25)22-16)12-3-1-5-15(9-12)29(26,27)20-11-14-4-2-8-28-14/h1,3,5-7,9-10,14,20H,2,4,8,11H2,(H,21,24)(H2,22,23,25). The summed E-state index contributed by atoms with van der Waals surface area (Å²) >= 11 is 0. The molecular weight excluding hydrogens is 396 g/mol. The maximum absolute atomic E-state index is 12.6. The molecule has 4 N–H and O–H groups in total. The number of sulfonamides is 1. The molecule has 0 saturated carbocycles. The van der Waals surface area contributed by atoms with E-state index in [9.17, 15) is 18.0 Å². The number of anilines is 1. The SMILES string of the molecule is O=C(Nc1ccc2[nH]c(=O)[nH]c2c1)c1cccc(S(=O)(=O)NCC2CCCO2)c1. The Labute approximate surface area is 166 Å². The second-order valence-corrected chi connectivity index (χ2v) is 8.58. The highest BCUT2D eigenvalue weighted by Crippen LogP contribution is 2.18. The average molecular weight is 416 g/mol. The van der Waals surface area contributed by atoms with Crippen LogP contribution in [0.4, 0.5) is 5.69 Å². The van der Waals surface area contributed by atoms with Crippen LogP contribution in [0.3, 0.4) is 0 Å². The molecule has 29 heavy (non-hydrogen) atoms. The van der Waals surface area contributed by atoms with Crippen LogP contribution in [0.25, 0.3) is 11.0 Å². The summed E-state index contributed by atoms with van der Waals surface area (Å²) in [6.07, 6.45) is 1.62. The number of carbonyl (C=O) groups is 1. The molecular formula is C19H20N4O5S. The number of imidazole rings is 1. The lowest BCUT2D eigenvalue weighted by molar-refractivity contribution is 0.102. The molecule has 1 amide bonds. The molecule has 1 saturated heterocycles. The molecule has 1 unspecified atom stereocenters. The zero-order chi connectivity index (χ0) is 20.4. The number of hydrogen-bond acceptors (Lipinski definition) is 5. The van der Waals surface area contributed by atoms with Gasteiger partial charge < -0.3 is 20.0 Å². The van der Waals surface area contributed by atoms with Crippen molar-refractivity contribution >= 4 is 32.7 Å². The number of H-pyrrole nitrogens is 2. The highest BCUT2D eigenvalue weighted by Gasteiger charge is 2.21. The third kappa shape index (κ3) is 4.39. The normalized spacial score (nSPS) is 16.9. The van der Waals surface area contributed by atoms with Gasteiger partial charge in [0.25, 0.3) is 5.91 Å². The van der Waals surface area contributed by atoms with Crippen LogP contribution in [-0.4, -0.2) is 43.5 Å². The molecule has 2 heterocycles. The Balaban J connectivity index is 1.49. The van der Waals surface area contributed by atoms with Gasteiger partial charge in [0, 0.05) is 24.4 Å². The highest BCUT2D eigenvalue weighted by molar-refractivity contribution is 7.89. The van der Waals surface area contributed by atoms with Crippen molar-refractivity contribution in [3.63, 3.8) is 0 Å². The van der Waals surface area contributed by atoms with Gasteiger partial charge in [-0.2, -0.15) is 0 Å². The maximum Gasteiger partial charge on any atom is 0.323 e. The van der Waals surface area contributed by atoms with Gasteiger partial charge in [-0.15, -0.1) is 0 Å². The van der Waals surface area contributed by atoms with Crippen molar-refractivity contribution in [1.29, 1.82) is 0 Å².